The monoisotopic (exact) mass is 663 g/mol. The fourth-order valence-electron chi connectivity index (χ4n) is 7.78. The molecule has 0 unspecified atom stereocenters. The molecule has 0 amide bonds. The van der Waals surface area contributed by atoms with Crippen molar-refractivity contribution in [3.8, 4) is 61.7 Å². The van der Waals surface area contributed by atoms with Gasteiger partial charge in [0.15, 0.2) is 0 Å². The maximum atomic E-state index is 10.2. The Morgan fingerprint density at radius 1 is 0.346 bits per heavy atom. The maximum absolute atomic E-state index is 10.2. The highest BCUT2D eigenvalue weighted by atomic mass is 16.3. The number of hydrogen-bond acceptors (Lipinski definition) is 3. The van der Waals surface area contributed by atoms with Crippen LogP contribution >= 0.6 is 0 Å². The molecule has 0 aliphatic carbocycles. The molecule has 3 nitrogen and oxygen atoms in total. The number of para-hydroxylation sites is 2. The standard InChI is InChI=1S/C49H29NO2/c50-30-33-14-4-5-15-37(33)35-26-34(31-12-2-1-3-13-31)27-36(28-35)48-38(32-24-25-40-39-16-6-8-21-44(39)52-47(40)29-32)18-10-19-41(48)42-20-11-23-46-49(42)43-17-7-9-22-45(43)51-46/h1-29H. The van der Waals surface area contributed by atoms with Gasteiger partial charge >= 0.3 is 0 Å². The molecule has 10 aromatic rings. The topological polar surface area (TPSA) is 50.1 Å². The van der Waals surface area contributed by atoms with Gasteiger partial charge < -0.3 is 8.83 Å². The van der Waals surface area contributed by atoms with E-state index < -0.39 is 0 Å². The van der Waals surface area contributed by atoms with Crippen molar-refractivity contribution in [2.24, 2.45) is 0 Å². The van der Waals surface area contributed by atoms with Gasteiger partial charge in [0, 0.05) is 21.5 Å². The van der Waals surface area contributed by atoms with Crippen LogP contribution in [0.4, 0.5) is 0 Å². The third kappa shape index (κ3) is 4.81. The van der Waals surface area contributed by atoms with Crippen molar-refractivity contribution in [1.82, 2.24) is 0 Å². The summed E-state index contributed by atoms with van der Waals surface area (Å²) >= 11 is 0. The number of furan rings is 2. The summed E-state index contributed by atoms with van der Waals surface area (Å²) < 4.78 is 12.8. The first-order valence-corrected chi connectivity index (χ1v) is 17.4. The van der Waals surface area contributed by atoms with Crippen LogP contribution in [0.5, 0.6) is 0 Å². The SMILES string of the molecule is N#Cc1ccccc1-c1cc(-c2ccccc2)cc(-c2c(-c3ccc4c(c3)oc3ccccc34)cccc2-c2cccc3oc4ccccc4c23)c1. The molecule has 10 rings (SSSR count). The second-order valence-electron chi connectivity index (χ2n) is 13.1. The summed E-state index contributed by atoms with van der Waals surface area (Å²) in [6.45, 7) is 0. The Balaban J connectivity index is 1.31. The maximum Gasteiger partial charge on any atom is 0.136 e. The molecule has 242 valence electrons. The van der Waals surface area contributed by atoms with Crippen LogP contribution in [0.25, 0.3) is 99.5 Å². The Bertz CT molecular complexity index is 3030. The third-order valence-electron chi connectivity index (χ3n) is 10.1. The number of rotatable bonds is 5. The van der Waals surface area contributed by atoms with Gasteiger partial charge in [0.1, 0.15) is 22.3 Å². The second-order valence-corrected chi connectivity index (χ2v) is 13.1. The lowest BCUT2D eigenvalue weighted by molar-refractivity contribution is 0.668. The number of benzene rings is 8. The van der Waals surface area contributed by atoms with Crippen molar-refractivity contribution in [2.75, 3.05) is 0 Å². The highest BCUT2D eigenvalue weighted by molar-refractivity contribution is 6.15. The molecule has 0 fully saturated rings. The molecular weight excluding hydrogens is 635 g/mol. The first kappa shape index (κ1) is 29.7. The van der Waals surface area contributed by atoms with E-state index in [4.69, 9.17) is 8.83 Å². The minimum atomic E-state index is 0.636. The summed E-state index contributed by atoms with van der Waals surface area (Å²) in [6, 6.07) is 63.3. The van der Waals surface area contributed by atoms with Crippen molar-refractivity contribution < 1.29 is 8.83 Å². The van der Waals surface area contributed by atoms with Gasteiger partial charge in [0.25, 0.3) is 0 Å². The first-order valence-electron chi connectivity index (χ1n) is 17.4. The van der Waals surface area contributed by atoms with Gasteiger partial charge in [-0.2, -0.15) is 5.26 Å². The molecule has 2 heterocycles. The van der Waals surface area contributed by atoms with Crippen molar-refractivity contribution in [1.29, 1.82) is 5.26 Å². The van der Waals surface area contributed by atoms with E-state index in [1.807, 2.05) is 60.7 Å². The van der Waals surface area contributed by atoms with Crippen LogP contribution in [-0.2, 0) is 0 Å². The van der Waals surface area contributed by atoms with Gasteiger partial charge in [0.2, 0.25) is 0 Å². The summed E-state index contributed by atoms with van der Waals surface area (Å²) in [5.74, 6) is 0. The predicted molar refractivity (Wildman–Crippen MR) is 213 cm³/mol. The predicted octanol–water partition coefficient (Wildman–Crippen LogP) is 13.7. The second kappa shape index (κ2) is 12.0. The first-order chi connectivity index (χ1) is 25.7. The third-order valence-corrected chi connectivity index (χ3v) is 10.1. The van der Waals surface area contributed by atoms with Crippen LogP contribution in [0.15, 0.2) is 185 Å². The molecule has 0 atom stereocenters. The van der Waals surface area contributed by atoms with Gasteiger partial charge in [-0.1, -0.05) is 121 Å². The quantitative estimate of drug-likeness (QED) is 0.184. The molecule has 0 saturated heterocycles. The van der Waals surface area contributed by atoms with Gasteiger partial charge in [-0.05, 0) is 110 Å². The van der Waals surface area contributed by atoms with Crippen molar-refractivity contribution in [2.45, 2.75) is 0 Å². The molecule has 8 aromatic carbocycles. The Morgan fingerprint density at radius 3 is 1.81 bits per heavy atom. The zero-order valence-electron chi connectivity index (χ0n) is 28.0. The van der Waals surface area contributed by atoms with Crippen LogP contribution < -0.4 is 0 Å². The summed E-state index contributed by atoms with van der Waals surface area (Å²) in [5.41, 5.74) is 14.6. The van der Waals surface area contributed by atoms with Gasteiger partial charge in [-0.25, -0.2) is 0 Å². The molecule has 0 radical (unpaired) electrons. The van der Waals surface area contributed by atoms with Gasteiger partial charge in [-0.15, -0.1) is 0 Å². The van der Waals surface area contributed by atoms with E-state index in [-0.39, 0.29) is 0 Å². The number of fused-ring (bicyclic) bond motifs is 6. The van der Waals surface area contributed by atoms with Crippen molar-refractivity contribution in [3.63, 3.8) is 0 Å². The lowest BCUT2D eigenvalue weighted by atomic mass is 9.84. The van der Waals surface area contributed by atoms with E-state index in [9.17, 15) is 5.26 Å². The average Bonchev–Trinajstić information content (AvgIpc) is 3.79. The van der Waals surface area contributed by atoms with Crippen LogP contribution in [0.1, 0.15) is 5.56 Å². The molecule has 3 heteroatoms. The van der Waals surface area contributed by atoms with E-state index in [0.717, 1.165) is 99.5 Å². The highest BCUT2D eigenvalue weighted by Gasteiger charge is 2.21. The summed E-state index contributed by atoms with van der Waals surface area (Å²) in [6.07, 6.45) is 0. The normalized spacial score (nSPS) is 11.4. The van der Waals surface area contributed by atoms with Gasteiger partial charge in [-0.3, -0.25) is 0 Å². The van der Waals surface area contributed by atoms with Crippen molar-refractivity contribution in [3.05, 3.63) is 181 Å². The number of nitrogens with zero attached hydrogens (tertiary/aromatic N) is 1. The number of nitriles is 1. The molecule has 0 spiro atoms. The summed E-state index contributed by atoms with van der Waals surface area (Å²) in [7, 11) is 0. The van der Waals surface area contributed by atoms with E-state index in [2.05, 4.69) is 121 Å². The lowest BCUT2D eigenvalue weighted by Gasteiger charge is -2.19. The molecule has 2 aromatic heterocycles. The zero-order chi connectivity index (χ0) is 34.6. The Morgan fingerprint density at radius 2 is 0.942 bits per heavy atom. The van der Waals surface area contributed by atoms with Gasteiger partial charge in [0.05, 0.1) is 11.6 Å². The molecule has 0 N–H and O–H groups in total. The smallest absolute Gasteiger partial charge is 0.136 e. The zero-order valence-corrected chi connectivity index (χ0v) is 28.0. The molecule has 0 aliphatic rings. The minimum Gasteiger partial charge on any atom is -0.456 e. The molecule has 0 aliphatic heterocycles. The Hall–Kier alpha value is -7.15. The van der Waals surface area contributed by atoms with E-state index in [1.165, 1.54) is 0 Å². The van der Waals surface area contributed by atoms with Crippen LogP contribution in [0, 0.1) is 11.3 Å². The minimum absolute atomic E-state index is 0.636. The average molecular weight is 664 g/mol. The fourth-order valence-corrected chi connectivity index (χ4v) is 7.78. The van der Waals surface area contributed by atoms with Crippen LogP contribution in [0.3, 0.4) is 0 Å². The van der Waals surface area contributed by atoms with E-state index in [1.54, 1.807) is 0 Å². The molecular formula is C49H29NO2. The van der Waals surface area contributed by atoms with Crippen LogP contribution in [-0.4, -0.2) is 0 Å². The van der Waals surface area contributed by atoms with Crippen molar-refractivity contribution >= 4 is 43.9 Å². The van der Waals surface area contributed by atoms with E-state index >= 15 is 0 Å². The Labute approximate surface area is 300 Å². The molecule has 52 heavy (non-hydrogen) atoms. The largest absolute Gasteiger partial charge is 0.456 e. The highest BCUT2D eigenvalue weighted by Crippen LogP contribution is 2.47. The molecule has 0 bridgehead atoms. The number of hydrogen-bond donors (Lipinski definition) is 0. The Kier molecular flexibility index (Phi) is 6.87. The lowest BCUT2D eigenvalue weighted by Crippen LogP contribution is -1.94. The summed E-state index contributed by atoms with van der Waals surface area (Å²) in [4.78, 5) is 0. The van der Waals surface area contributed by atoms with E-state index in [0.29, 0.717) is 5.56 Å². The molecule has 0 saturated carbocycles. The van der Waals surface area contributed by atoms with Crippen LogP contribution in [0.2, 0.25) is 0 Å². The fraction of sp³-hybridized carbons (Fsp3) is 0. The summed E-state index contributed by atoms with van der Waals surface area (Å²) in [5, 5.41) is 14.5.